The number of halogens is 3. The highest BCUT2D eigenvalue weighted by Crippen LogP contribution is 2.31. The minimum Gasteiger partial charge on any atom is -0.496 e. The van der Waals surface area contributed by atoms with Crippen molar-refractivity contribution in [2.75, 3.05) is 7.11 Å². The van der Waals surface area contributed by atoms with Crippen LogP contribution in [0.25, 0.3) is 0 Å². The number of aryl methyl sites for hydroxylation is 1. The van der Waals surface area contributed by atoms with Crippen LogP contribution in [0.1, 0.15) is 21.5 Å². The van der Waals surface area contributed by atoms with Crippen molar-refractivity contribution in [3.05, 3.63) is 61.0 Å². The average Bonchev–Trinajstić information content (AvgIpc) is 2.40. The van der Waals surface area contributed by atoms with Gasteiger partial charge in [-0.05, 0) is 58.7 Å². The van der Waals surface area contributed by atoms with Crippen molar-refractivity contribution in [3.8, 4) is 5.75 Å². The lowest BCUT2D eigenvalue weighted by atomic mass is 10.0. The first-order valence-corrected chi connectivity index (χ1v) is 7.74. The highest BCUT2D eigenvalue weighted by atomic mass is 79.9. The molecule has 0 aliphatic heterocycles. The van der Waals surface area contributed by atoms with Crippen molar-refractivity contribution in [2.45, 2.75) is 6.92 Å². The van der Waals surface area contributed by atoms with Crippen LogP contribution in [0.3, 0.4) is 0 Å². The lowest BCUT2D eigenvalue weighted by Crippen LogP contribution is -2.05. The van der Waals surface area contributed by atoms with Gasteiger partial charge in [0, 0.05) is 19.5 Å². The summed E-state index contributed by atoms with van der Waals surface area (Å²) >= 11 is 12.7. The molecule has 0 saturated heterocycles. The van der Waals surface area contributed by atoms with E-state index in [9.17, 15) is 4.79 Å². The second kappa shape index (κ2) is 6.29. The monoisotopic (exact) mass is 416 g/mol. The number of ketones is 1. The quantitative estimate of drug-likeness (QED) is 0.623. The first-order valence-electron chi connectivity index (χ1n) is 5.78. The molecule has 2 aromatic carbocycles. The third kappa shape index (κ3) is 3.08. The van der Waals surface area contributed by atoms with Crippen molar-refractivity contribution in [1.29, 1.82) is 0 Å². The van der Waals surface area contributed by atoms with E-state index in [4.69, 9.17) is 16.3 Å². The molecular weight excluding hydrogens is 407 g/mol. The van der Waals surface area contributed by atoms with Gasteiger partial charge < -0.3 is 4.74 Å². The molecule has 0 aromatic heterocycles. The summed E-state index contributed by atoms with van der Waals surface area (Å²) < 4.78 is 6.83. The van der Waals surface area contributed by atoms with Gasteiger partial charge in [-0.25, -0.2) is 0 Å². The van der Waals surface area contributed by atoms with Crippen molar-refractivity contribution in [3.63, 3.8) is 0 Å². The van der Waals surface area contributed by atoms with E-state index >= 15 is 0 Å². The van der Waals surface area contributed by atoms with Crippen LogP contribution in [0.15, 0.2) is 39.3 Å². The Kier molecular flexibility index (Phi) is 4.89. The number of hydrogen-bond acceptors (Lipinski definition) is 2. The summed E-state index contributed by atoms with van der Waals surface area (Å²) in [5, 5.41) is 0.575. The number of hydrogen-bond donors (Lipinski definition) is 0. The zero-order valence-electron chi connectivity index (χ0n) is 10.8. The van der Waals surface area contributed by atoms with E-state index in [1.54, 1.807) is 31.4 Å². The topological polar surface area (TPSA) is 26.3 Å². The molecular formula is C15H11Br2ClO2. The second-order valence-corrected chi connectivity index (χ2v) is 6.40. The predicted octanol–water partition coefficient (Wildman–Crippen LogP) is 5.41. The first-order chi connectivity index (χ1) is 9.43. The number of rotatable bonds is 3. The minimum absolute atomic E-state index is 0.119. The molecule has 2 nitrogen and oxygen atoms in total. The molecule has 5 heteroatoms. The van der Waals surface area contributed by atoms with Gasteiger partial charge in [-0.2, -0.15) is 0 Å². The van der Waals surface area contributed by atoms with Crippen LogP contribution >= 0.6 is 43.5 Å². The summed E-state index contributed by atoms with van der Waals surface area (Å²) in [5.41, 5.74) is 2.06. The molecule has 0 heterocycles. The van der Waals surface area contributed by atoms with Gasteiger partial charge in [-0.1, -0.05) is 27.5 Å². The molecule has 0 bridgehead atoms. The molecule has 0 radical (unpaired) electrons. The van der Waals surface area contributed by atoms with E-state index in [-0.39, 0.29) is 5.78 Å². The van der Waals surface area contributed by atoms with Crippen molar-refractivity contribution >= 4 is 49.2 Å². The molecule has 0 unspecified atom stereocenters. The summed E-state index contributed by atoms with van der Waals surface area (Å²) in [7, 11) is 1.55. The van der Waals surface area contributed by atoms with Gasteiger partial charge in [-0.15, -0.1) is 0 Å². The van der Waals surface area contributed by atoms with Crippen molar-refractivity contribution in [2.24, 2.45) is 0 Å². The number of ether oxygens (including phenoxy) is 1. The summed E-state index contributed by atoms with van der Waals surface area (Å²) in [6.45, 7) is 1.94. The second-order valence-electron chi connectivity index (χ2n) is 4.25. The van der Waals surface area contributed by atoms with Crippen LogP contribution in [0.4, 0.5) is 0 Å². The Morgan fingerprint density at radius 3 is 2.40 bits per heavy atom. The van der Waals surface area contributed by atoms with Gasteiger partial charge in [0.25, 0.3) is 0 Å². The van der Waals surface area contributed by atoms with E-state index in [2.05, 4.69) is 31.9 Å². The van der Waals surface area contributed by atoms with Gasteiger partial charge in [0.15, 0.2) is 5.78 Å². The van der Waals surface area contributed by atoms with Gasteiger partial charge in [0.05, 0.1) is 12.7 Å². The van der Waals surface area contributed by atoms with Crippen LogP contribution < -0.4 is 4.74 Å². The van der Waals surface area contributed by atoms with Crippen LogP contribution in [0, 0.1) is 6.92 Å². The fourth-order valence-corrected chi connectivity index (χ4v) is 3.03. The maximum atomic E-state index is 12.6. The van der Waals surface area contributed by atoms with Gasteiger partial charge >= 0.3 is 0 Å². The lowest BCUT2D eigenvalue weighted by Gasteiger charge is -2.11. The molecule has 0 amide bonds. The van der Waals surface area contributed by atoms with Crippen LogP contribution in [-0.2, 0) is 0 Å². The zero-order valence-corrected chi connectivity index (χ0v) is 14.8. The Labute approximate surface area is 139 Å². The molecule has 0 fully saturated rings. The third-order valence-electron chi connectivity index (χ3n) is 2.90. The molecule has 0 aliphatic carbocycles. The van der Waals surface area contributed by atoms with E-state index < -0.39 is 0 Å². The average molecular weight is 419 g/mol. The maximum absolute atomic E-state index is 12.6. The third-order valence-corrected chi connectivity index (χ3v) is 4.65. The van der Waals surface area contributed by atoms with E-state index in [0.29, 0.717) is 26.4 Å². The standard InChI is InChI=1S/C15H11Br2ClO2/c1-8-5-14(20-2)11(7-12(8)16)15(19)10-4-3-9(18)6-13(10)17/h3-7H,1-2H3. The highest BCUT2D eigenvalue weighted by molar-refractivity contribution is 9.10. The molecule has 0 spiro atoms. The van der Waals surface area contributed by atoms with E-state index in [0.717, 1.165) is 10.0 Å². The summed E-state index contributed by atoms with van der Waals surface area (Å²) in [4.78, 5) is 12.6. The van der Waals surface area contributed by atoms with Crippen LogP contribution in [-0.4, -0.2) is 12.9 Å². The maximum Gasteiger partial charge on any atom is 0.197 e. The van der Waals surface area contributed by atoms with Crippen molar-refractivity contribution < 1.29 is 9.53 Å². The highest BCUT2D eigenvalue weighted by Gasteiger charge is 2.18. The molecule has 0 N–H and O–H groups in total. The Morgan fingerprint density at radius 2 is 1.80 bits per heavy atom. The smallest absolute Gasteiger partial charge is 0.197 e. The minimum atomic E-state index is -0.119. The number of carbonyl (C=O) groups is 1. The zero-order chi connectivity index (χ0) is 14.9. The molecule has 2 aromatic rings. The SMILES string of the molecule is COc1cc(C)c(Br)cc1C(=O)c1ccc(Cl)cc1Br. The fraction of sp³-hybridized carbons (Fsp3) is 0.133. The Bertz CT molecular complexity index is 684. The number of methoxy groups -OCH3 is 1. The van der Waals surface area contributed by atoms with E-state index in [1.165, 1.54) is 0 Å². The summed E-state index contributed by atoms with van der Waals surface area (Å²) in [5.74, 6) is 0.434. The predicted molar refractivity (Wildman–Crippen MR) is 88.0 cm³/mol. The van der Waals surface area contributed by atoms with Gasteiger partial charge in [0.1, 0.15) is 5.75 Å². The number of benzene rings is 2. The van der Waals surface area contributed by atoms with E-state index in [1.807, 2.05) is 13.0 Å². The Balaban J connectivity index is 2.55. The van der Waals surface area contributed by atoms with Crippen LogP contribution in [0.2, 0.25) is 5.02 Å². The summed E-state index contributed by atoms with van der Waals surface area (Å²) in [6, 6.07) is 8.69. The molecule has 20 heavy (non-hydrogen) atoms. The van der Waals surface area contributed by atoms with Gasteiger partial charge in [-0.3, -0.25) is 4.79 Å². The van der Waals surface area contributed by atoms with Crippen molar-refractivity contribution in [1.82, 2.24) is 0 Å². The molecule has 104 valence electrons. The Morgan fingerprint density at radius 1 is 1.10 bits per heavy atom. The molecule has 0 saturated carbocycles. The van der Waals surface area contributed by atoms with Crippen LogP contribution in [0.5, 0.6) is 5.75 Å². The normalized spacial score (nSPS) is 10.4. The number of carbonyl (C=O) groups excluding carboxylic acids is 1. The first kappa shape index (κ1) is 15.5. The largest absolute Gasteiger partial charge is 0.496 e. The lowest BCUT2D eigenvalue weighted by molar-refractivity contribution is 0.103. The van der Waals surface area contributed by atoms with Gasteiger partial charge in [0.2, 0.25) is 0 Å². The molecule has 0 atom stereocenters. The summed E-state index contributed by atoms with van der Waals surface area (Å²) in [6.07, 6.45) is 0. The molecule has 2 rings (SSSR count). The fourth-order valence-electron chi connectivity index (χ4n) is 1.82. The Hall–Kier alpha value is -0.840. The molecule has 0 aliphatic rings.